The summed E-state index contributed by atoms with van der Waals surface area (Å²) in [5.41, 5.74) is 2.08. The van der Waals surface area contributed by atoms with Crippen LogP contribution in [0.5, 0.6) is 0 Å². The Kier molecular flexibility index (Phi) is 6.17. The SMILES string of the molecule is CC(C)(C)OC(=O)NC1CN(Cc2ccccc2)CC[C@@H]1c1ccccc1. The number of ether oxygens (including phenoxy) is 1. The number of nitrogens with zero attached hydrogens (tertiary/aromatic N) is 1. The van der Waals surface area contributed by atoms with Crippen LogP contribution in [0.3, 0.4) is 0 Å². The van der Waals surface area contributed by atoms with Gasteiger partial charge in [-0.3, -0.25) is 4.90 Å². The zero-order valence-corrected chi connectivity index (χ0v) is 16.5. The molecule has 1 heterocycles. The van der Waals surface area contributed by atoms with Gasteiger partial charge >= 0.3 is 6.09 Å². The molecule has 2 atom stereocenters. The van der Waals surface area contributed by atoms with Crippen molar-refractivity contribution < 1.29 is 9.53 Å². The number of rotatable bonds is 4. The summed E-state index contributed by atoms with van der Waals surface area (Å²) in [5, 5.41) is 3.14. The Morgan fingerprint density at radius 3 is 2.33 bits per heavy atom. The van der Waals surface area contributed by atoms with Crippen molar-refractivity contribution in [3.05, 3.63) is 71.8 Å². The van der Waals surface area contributed by atoms with Gasteiger partial charge < -0.3 is 10.1 Å². The van der Waals surface area contributed by atoms with Crippen LogP contribution in [0.1, 0.15) is 44.2 Å². The maximum Gasteiger partial charge on any atom is 0.407 e. The Labute approximate surface area is 162 Å². The zero-order valence-electron chi connectivity index (χ0n) is 16.5. The summed E-state index contributed by atoms with van der Waals surface area (Å²) in [7, 11) is 0. The van der Waals surface area contributed by atoms with Gasteiger partial charge in [0.05, 0.1) is 6.04 Å². The van der Waals surface area contributed by atoms with Crippen LogP contribution in [-0.2, 0) is 11.3 Å². The van der Waals surface area contributed by atoms with Gasteiger partial charge in [0.15, 0.2) is 0 Å². The largest absolute Gasteiger partial charge is 0.444 e. The highest BCUT2D eigenvalue weighted by atomic mass is 16.6. The lowest BCUT2D eigenvalue weighted by Crippen LogP contribution is -2.52. The fourth-order valence-electron chi connectivity index (χ4n) is 3.71. The van der Waals surface area contributed by atoms with Gasteiger partial charge in [-0.2, -0.15) is 0 Å². The topological polar surface area (TPSA) is 41.6 Å². The van der Waals surface area contributed by atoms with E-state index >= 15 is 0 Å². The van der Waals surface area contributed by atoms with Crippen LogP contribution in [0.15, 0.2) is 60.7 Å². The predicted molar refractivity (Wildman–Crippen MR) is 109 cm³/mol. The van der Waals surface area contributed by atoms with E-state index < -0.39 is 5.60 Å². The zero-order chi connectivity index (χ0) is 19.3. The number of likely N-dealkylation sites (tertiary alicyclic amines) is 1. The molecule has 0 aromatic heterocycles. The molecule has 1 saturated heterocycles. The van der Waals surface area contributed by atoms with Crippen LogP contribution in [0.25, 0.3) is 0 Å². The molecule has 1 fully saturated rings. The van der Waals surface area contributed by atoms with E-state index in [9.17, 15) is 4.79 Å². The molecule has 2 aromatic carbocycles. The molecule has 3 rings (SSSR count). The summed E-state index contributed by atoms with van der Waals surface area (Å²) in [5.74, 6) is 0.297. The number of nitrogens with one attached hydrogen (secondary N) is 1. The van der Waals surface area contributed by atoms with Crippen LogP contribution in [0.2, 0.25) is 0 Å². The molecule has 1 amide bonds. The molecule has 1 unspecified atom stereocenters. The number of amides is 1. The first-order valence-corrected chi connectivity index (χ1v) is 9.71. The van der Waals surface area contributed by atoms with E-state index in [2.05, 4.69) is 58.7 Å². The van der Waals surface area contributed by atoms with Gasteiger partial charge in [-0.1, -0.05) is 60.7 Å². The predicted octanol–water partition coefficient (Wildman–Crippen LogP) is 4.57. The van der Waals surface area contributed by atoms with E-state index in [1.807, 2.05) is 32.9 Å². The second-order valence-electron chi connectivity index (χ2n) is 8.28. The highest BCUT2D eigenvalue weighted by Crippen LogP contribution is 2.29. The lowest BCUT2D eigenvalue weighted by molar-refractivity contribution is 0.0455. The van der Waals surface area contributed by atoms with Gasteiger partial charge in [0, 0.05) is 19.0 Å². The van der Waals surface area contributed by atoms with Crippen molar-refractivity contribution in [2.75, 3.05) is 13.1 Å². The third-order valence-corrected chi connectivity index (χ3v) is 4.88. The summed E-state index contributed by atoms with van der Waals surface area (Å²) < 4.78 is 5.51. The van der Waals surface area contributed by atoms with Crippen molar-refractivity contribution in [3.63, 3.8) is 0 Å². The van der Waals surface area contributed by atoms with Gasteiger partial charge in [-0.25, -0.2) is 4.79 Å². The number of piperidine rings is 1. The number of benzene rings is 2. The summed E-state index contributed by atoms with van der Waals surface area (Å²) in [6.45, 7) is 8.40. The highest BCUT2D eigenvalue weighted by molar-refractivity contribution is 5.68. The molecule has 1 N–H and O–H groups in total. The summed E-state index contributed by atoms with van der Waals surface area (Å²) in [6, 6.07) is 21.0. The second kappa shape index (κ2) is 8.57. The van der Waals surface area contributed by atoms with Gasteiger partial charge in [0.1, 0.15) is 5.60 Å². The van der Waals surface area contributed by atoms with Crippen molar-refractivity contribution in [1.82, 2.24) is 10.2 Å². The summed E-state index contributed by atoms with van der Waals surface area (Å²) in [6.07, 6.45) is 0.673. The molecular weight excluding hydrogens is 336 g/mol. The monoisotopic (exact) mass is 366 g/mol. The number of alkyl carbamates (subject to hydrolysis) is 1. The molecule has 1 aliphatic heterocycles. The lowest BCUT2D eigenvalue weighted by Gasteiger charge is -2.39. The molecule has 0 aliphatic carbocycles. The Bertz CT molecular complexity index is 725. The molecule has 0 bridgehead atoms. The quantitative estimate of drug-likeness (QED) is 0.862. The smallest absolute Gasteiger partial charge is 0.407 e. The summed E-state index contributed by atoms with van der Waals surface area (Å²) in [4.78, 5) is 14.8. The summed E-state index contributed by atoms with van der Waals surface area (Å²) >= 11 is 0. The number of hydrogen-bond acceptors (Lipinski definition) is 3. The molecule has 0 saturated carbocycles. The van der Waals surface area contributed by atoms with E-state index in [1.165, 1.54) is 11.1 Å². The highest BCUT2D eigenvalue weighted by Gasteiger charge is 2.32. The van der Waals surface area contributed by atoms with Crippen LogP contribution in [0, 0.1) is 0 Å². The maximum atomic E-state index is 12.4. The van der Waals surface area contributed by atoms with Crippen LogP contribution in [0.4, 0.5) is 4.79 Å². The maximum absolute atomic E-state index is 12.4. The first-order valence-electron chi connectivity index (χ1n) is 9.71. The third kappa shape index (κ3) is 5.83. The van der Waals surface area contributed by atoms with Gasteiger partial charge in [-0.15, -0.1) is 0 Å². The number of carbonyl (C=O) groups excluding carboxylic acids is 1. The van der Waals surface area contributed by atoms with Crippen molar-refractivity contribution in [2.45, 2.75) is 51.3 Å². The van der Waals surface area contributed by atoms with E-state index in [1.54, 1.807) is 0 Å². The van der Waals surface area contributed by atoms with E-state index in [4.69, 9.17) is 4.74 Å². The molecule has 27 heavy (non-hydrogen) atoms. The average Bonchev–Trinajstić information content (AvgIpc) is 2.62. The molecule has 1 aliphatic rings. The Hall–Kier alpha value is -2.33. The van der Waals surface area contributed by atoms with Crippen LogP contribution >= 0.6 is 0 Å². The van der Waals surface area contributed by atoms with E-state index in [-0.39, 0.29) is 12.1 Å². The average molecular weight is 367 g/mol. The van der Waals surface area contributed by atoms with Crippen LogP contribution in [-0.4, -0.2) is 35.7 Å². The molecular formula is C23H30N2O2. The number of hydrogen-bond donors (Lipinski definition) is 1. The Balaban J connectivity index is 1.72. The minimum Gasteiger partial charge on any atom is -0.444 e. The molecule has 0 radical (unpaired) electrons. The standard InChI is InChI=1S/C23H30N2O2/c1-23(2,3)27-22(26)24-21-17-25(16-18-10-6-4-7-11-18)15-14-20(21)19-12-8-5-9-13-19/h4-13,20-21H,14-17H2,1-3H3,(H,24,26)/t20-,21?/m1/s1. The first kappa shape index (κ1) is 19.4. The number of carbonyl (C=O) groups is 1. The Morgan fingerprint density at radius 1 is 1.07 bits per heavy atom. The normalized spacial score (nSPS) is 20.9. The van der Waals surface area contributed by atoms with Crippen molar-refractivity contribution >= 4 is 6.09 Å². The van der Waals surface area contributed by atoms with Gasteiger partial charge in [-0.05, 0) is 44.9 Å². The van der Waals surface area contributed by atoms with Gasteiger partial charge in [0.25, 0.3) is 0 Å². The fourth-order valence-corrected chi connectivity index (χ4v) is 3.71. The van der Waals surface area contributed by atoms with Gasteiger partial charge in [0.2, 0.25) is 0 Å². The van der Waals surface area contributed by atoms with Crippen molar-refractivity contribution in [2.24, 2.45) is 0 Å². The first-order chi connectivity index (χ1) is 12.9. The molecule has 144 valence electrons. The Morgan fingerprint density at radius 2 is 1.70 bits per heavy atom. The van der Waals surface area contributed by atoms with E-state index in [0.717, 1.165) is 26.1 Å². The second-order valence-corrected chi connectivity index (χ2v) is 8.28. The molecule has 2 aromatic rings. The van der Waals surface area contributed by atoms with Crippen LogP contribution < -0.4 is 5.32 Å². The fraction of sp³-hybridized carbons (Fsp3) is 0.435. The molecule has 0 spiro atoms. The third-order valence-electron chi connectivity index (χ3n) is 4.88. The van der Waals surface area contributed by atoms with Crippen molar-refractivity contribution in [3.8, 4) is 0 Å². The van der Waals surface area contributed by atoms with Crippen molar-refractivity contribution in [1.29, 1.82) is 0 Å². The lowest BCUT2D eigenvalue weighted by atomic mass is 9.85. The minimum absolute atomic E-state index is 0.0275. The van der Waals surface area contributed by atoms with E-state index in [0.29, 0.717) is 5.92 Å². The molecule has 4 heteroatoms. The molecule has 4 nitrogen and oxygen atoms in total. The minimum atomic E-state index is -0.495.